The predicted octanol–water partition coefficient (Wildman–Crippen LogP) is 4.07. The lowest BCUT2D eigenvalue weighted by Crippen LogP contribution is -2.30. The van der Waals surface area contributed by atoms with Crippen molar-refractivity contribution in [3.63, 3.8) is 0 Å². The number of anilines is 1. The number of amides is 1. The van der Waals surface area contributed by atoms with Crippen LogP contribution in [0.5, 0.6) is 0 Å². The zero-order chi connectivity index (χ0) is 18.2. The summed E-state index contributed by atoms with van der Waals surface area (Å²) in [6.45, 7) is 0.256. The molecule has 3 aromatic carbocycles. The van der Waals surface area contributed by atoms with Crippen LogP contribution < -0.4 is 10.7 Å². The number of halogens is 1. The largest absolute Gasteiger partial charge is 0.346 e. The molecule has 3 rings (SSSR count). The first-order valence-electron chi connectivity index (χ1n) is 8.19. The van der Waals surface area contributed by atoms with Gasteiger partial charge in [0.25, 0.3) is 5.91 Å². The third kappa shape index (κ3) is 4.77. The van der Waals surface area contributed by atoms with Crippen LogP contribution >= 0.6 is 0 Å². The van der Waals surface area contributed by atoms with Crippen LogP contribution in [0.3, 0.4) is 0 Å². The number of carbonyl (C=O) groups excluding carboxylic acids is 1. The Morgan fingerprint density at radius 3 is 2.00 bits per heavy atom. The van der Waals surface area contributed by atoms with E-state index < -0.39 is 0 Å². The van der Waals surface area contributed by atoms with E-state index in [9.17, 15) is 9.18 Å². The number of hydrogen-bond acceptors (Lipinski definition) is 3. The van der Waals surface area contributed by atoms with Crippen molar-refractivity contribution in [1.82, 2.24) is 5.32 Å². The number of benzene rings is 3. The van der Waals surface area contributed by atoms with Crippen molar-refractivity contribution >= 4 is 17.3 Å². The average Bonchev–Trinajstić information content (AvgIpc) is 2.70. The number of rotatable bonds is 6. The second kappa shape index (κ2) is 8.58. The molecule has 1 amide bonds. The van der Waals surface area contributed by atoms with Crippen molar-refractivity contribution in [2.45, 2.75) is 0 Å². The molecule has 4 nitrogen and oxygen atoms in total. The maximum atomic E-state index is 13.0. The number of carbonyl (C=O) groups is 1. The molecule has 0 spiro atoms. The van der Waals surface area contributed by atoms with E-state index in [4.69, 9.17) is 0 Å². The average molecular weight is 347 g/mol. The van der Waals surface area contributed by atoms with Crippen LogP contribution in [0.4, 0.5) is 10.1 Å². The van der Waals surface area contributed by atoms with Crippen LogP contribution in [0, 0.1) is 5.82 Å². The fourth-order valence-electron chi connectivity index (χ4n) is 2.35. The molecule has 0 aromatic heterocycles. The normalized spacial score (nSPS) is 11.0. The van der Waals surface area contributed by atoms with Gasteiger partial charge in [-0.15, -0.1) is 0 Å². The number of nitrogens with one attached hydrogen (secondary N) is 2. The van der Waals surface area contributed by atoms with Crippen molar-refractivity contribution in [2.75, 3.05) is 12.0 Å². The third-order valence-electron chi connectivity index (χ3n) is 3.72. The van der Waals surface area contributed by atoms with E-state index in [2.05, 4.69) is 15.8 Å². The lowest BCUT2D eigenvalue weighted by molar-refractivity contribution is 0.0959. The second-order valence-electron chi connectivity index (χ2n) is 5.59. The van der Waals surface area contributed by atoms with Crippen molar-refractivity contribution in [2.24, 2.45) is 5.10 Å². The Hall–Kier alpha value is -3.47. The molecule has 0 aliphatic rings. The smallest absolute Gasteiger partial charge is 0.251 e. The van der Waals surface area contributed by atoms with Crippen LogP contribution in [0.2, 0.25) is 0 Å². The van der Waals surface area contributed by atoms with E-state index in [1.165, 1.54) is 12.1 Å². The summed E-state index contributed by atoms with van der Waals surface area (Å²) in [5.74, 6) is -0.478. The van der Waals surface area contributed by atoms with Crippen molar-refractivity contribution in [1.29, 1.82) is 0 Å². The number of hydrazone groups is 1. The van der Waals surface area contributed by atoms with Crippen LogP contribution in [0.15, 0.2) is 90.0 Å². The molecule has 0 radical (unpaired) electrons. The fraction of sp³-hybridized carbons (Fsp3) is 0.0476. The van der Waals surface area contributed by atoms with Gasteiger partial charge in [-0.25, -0.2) is 4.39 Å². The fourth-order valence-corrected chi connectivity index (χ4v) is 2.35. The monoisotopic (exact) mass is 347 g/mol. The Kier molecular flexibility index (Phi) is 5.72. The van der Waals surface area contributed by atoms with Gasteiger partial charge in [0.1, 0.15) is 5.82 Å². The van der Waals surface area contributed by atoms with Gasteiger partial charge in [0, 0.05) is 5.56 Å². The Balaban J connectivity index is 1.74. The summed E-state index contributed by atoms with van der Waals surface area (Å²) in [4.78, 5) is 12.3. The summed E-state index contributed by atoms with van der Waals surface area (Å²) < 4.78 is 13.0. The minimum absolute atomic E-state index is 0.170. The summed E-state index contributed by atoms with van der Waals surface area (Å²) in [6.07, 6.45) is 0. The van der Waals surface area contributed by atoms with E-state index in [1.54, 1.807) is 24.3 Å². The maximum Gasteiger partial charge on any atom is 0.251 e. The number of nitrogens with zero attached hydrogens (tertiary/aromatic N) is 1. The van der Waals surface area contributed by atoms with Crippen LogP contribution in [-0.2, 0) is 0 Å². The van der Waals surface area contributed by atoms with Gasteiger partial charge in [0.2, 0.25) is 0 Å². The SMILES string of the molecule is O=C(NC/C(=N/Nc1ccc(F)cc1)c1ccccc1)c1ccccc1. The van der Waals surface area contributed by atoms with Gasteiger partial charge >= 0.3 is 0 Å². The molecule has 2 N–H and O–H groups in total. The molecular weight excluding hydrogens is 329 g/mol. The Labute approximate surface area is 151 Å². The molecular formula is C21H18FN3O. The minimum atomic E-state index is -0.307. The molecule has 0 heterocycles. The molecule has 0 atom stereocenters. The molecule has 0 fully saturated rings. The van der Waals surface area contributed by atoms with Gasteiger partial charge in [-0.3, -0.25) is 10.2 Å². The Bertz CT molecular complexity index is 878. The summed E-state index contributed by atoms with van der Waals surface area (Å²) >= 11 is 0. The number of hydrogen-bond donors (Lipinski definition) is 2. The van der Waals surface area contributed by atoms with Crippen molar-refractivity contribution < 1.29 is 9.18 Å². The highest BCUT2D eigenvalue weighted by molar-refractivity contribution is 6.05. The van der Waals surface area contributed by atoms with E-state index in [0.717, 1.165) is 5.56 Å². The molecule has 0 unspecified atom stereocenters. The molecule has 130 valence electrons. The zero-order valence-corrected chi connectivity index (χ0v) is 14.0. The van der Waals surface area contributed by atoms with Gasteiger partial charge in [-0.2, -0.15) is 5.10 Å². The summed E-state index contributed by atoms with van der Waals surface area (Å²) in [6, 6.07) is 24.5. The van der Waals surface area contributed by atoms with E-state index in [-0.39, 0.29) is 18.3 Å². The first-order valence-corrected chi connectivity index (χ1v) is 8.19. The van der Waals surface area contributed by atoms with E-state index >= 15 is 0 Å². The summed E-state index contributed by atoms with van der Waals surface area (Å²) in [5.41, 5.74) is 5.71. The first-order chi connectivity index (χ1) is 12.7. The van der Waals surface area contributed by atoms with Gasteiger partial charge in [0.15, 0.2) is 0 Å². The summed E-state index contributed by atoms with van der Waals surface area (Å²) in [5, 5.41) is 7.26. The Morgan fingerprint density at radius 1 is 0.808 bits per heavy atom. The van der Waals surface area contributed by atoms with Gasteiger partial charge in [-0.05, 0) is 42.0 Å². The molecule has 0 saturated heterocycles. The van der Waals surface area contributed by atoms with Crippen molar-refractivity contribution in [3.05, 3.63) is 102 Å². The zero-order valence-electron chi connectivity index (χ0n) is 14.0. The van der Waals surface area contributed by atoms with Crippen molar-refractivity contribution in [3.8, 4) is 0 Å². The first kappa shape index (κ1) is 17.4. The maximum absolute atomic E-state index is 13.0. The lowest BCUT2D eigenvalue weighted by atomic mass is 10.1. The lowest BCUT2D eigenvalue weighted by Gasteiger charge is -2.10. The highest BCUT2D eigenvalue weighted by Crippen LogP contribution is 2.09. The van der Waals surface area contributed by atoms with E-state index in [1.807, 2.05) is 48.5 Å². The molecule has 26 heavy (non-hydrogen) atoms. The van der Waals surface area contributed by atoms with Crippen LogP contribution in [0.1, 0.15) is 15.9 Å². The van der Waals surface area contributed by atoms with Gasteiger partial charge in [0.05, 0.1) is 17.9 Å². The summed E-state index contributed by atoms with van der Waals surface area (Å²) in [7, 11) is 0. The predicted molar refractivity (Wildman–Crippen MR) is 102 cm³/mol. The van der Waals surface area contributed by atoms with E-state index in [0.29, 0.717) is 17.0 Å². The standard InChI is InChI=1S/C21H18FN3O/c22-18-11-13-19(14-12-18)24-25-20(16-7-3-1-4-8-16)15-23-21(26)17-9-5-2-6-10-17/h1-14,24H,15H2,(H,23,26)/b25-20-. The molecule has 0 saturated carbocycles. The van der Waals surface area contributed by atoms with Gasteiger partial charge < -0.3 is 5.32 Å². The molecule has 0 aliphatic carbocycles. The van der Waals surface area contributed by atoms with Gasteiger partial charge in [-0.1, -0.05) is 48.5 Å². The third-order valence-corrected chi connectivity index (χ3v) is 3.72. The van der Waals surface area contributed by atoms with Crippen LogP contribution in [0.25, 0.3) is 0 Å². The highest BCUT2D eigenvalue weighted by atomic mass is 19.1. The molecule has 0 aliphatic heterocycles. The highest BCUT2D eigenvalue weighted by Gasteiger charge is 2.08. The quantitative estimate of drug-likeness (QED) is 0.522. The second-order valence-corrected chi connectivity index (χ2v) is 5.59. The molecule has 5 heteroatoms. The topological polar surface area (TPSA) is 53.5 Å². The Morgan fingerprint density at radius 2 is 1.38 bits per heavy atom. The molecule has 3 aromatic rings. The van der Waals surface area contributed by atoms with Crippen LogP contribution in [-0.4, -0.2) is 18.2 Å². The minimum Gasteiger partial charge on any atom is -0.346 e. The molecule has 0 bridgehead atoms.